The van der Waals surface area contributed by atoms with Gasteiger partial charge in [-0.25, -0.2) is 4.98 Å². The SMILES string of the molecule is Cc1cc(CNc2cncc(N)n2)sc1C. The molecule has 0 bridgehead atoms. The fourth-order valence-electron chi connectivity index (χ4n) is 1.38. The highest BCUT2D eigenvalue weighted by atomic mass is 32.1. The van der Waals surface area contributed by atoms with Crippen LogP contribution in [0.3, 0.4) is 0 Å². The lowest BCUT2D eigenvalue weighted by molar-refractivity contribution is 1.11. The molecule has 0 aliphatic carbocycles. The highest BCUT2D eigenvalue weighted by Gasteiger charge is 2.02. The van der Waals surface area contributed by atoms with Crippen LogP contribution in [0, 0.1) is 13.8 Å². The summed E-state index contributed by atoms with van der Waals surface area (Å²) >= 11 is 1.80. The maximum Gasteiger partial charge on any atom is 0.147 e. The van der Waals surface area contributed by atoms with E-state index in [1.807, 2.05) is 0 Å². The number of nitrogens with one attached hydrogen (secondary N) is 1. The van der Waals surface area contributed by atoms with Crippen LogP contribution >= 0.6 is 11.3 Å². The van der Waals surface area contributed by atoms with Crippen molar-refractivity contribution in [3.8, 4) is 0 Å². The molecule has 2 heterocycles. The molecule has 0 spiro atoms. The van der Waals surface area contributed by atoms with E-state index in [4.69, 9.17) is 5.73 Å². The summed E-state index contributed by atoms with van der Waals surface area (Å²) in [6.45, 7) is 5.01. The molecular weight excluding hydrogens is 220 g/mol. The molecule has 0 aliphatic heterocycles. The minimum atomic E-state index is 0.434. The Hall–Kier alpha value is -1.62. The second-order valence-corrected chi connectivity index (χ2v) is 4.98. The molecule has 84 valence electrons. The van der Waals surface area contributed by atoms with Crippen LogP contribution in [0.2, 0.25) is 0 Å². The normalized spacial score (nSPS) is 10.4. The first-order valence-corrected chi connectivity index (χ1v) is 5.84. The van der Waals surface area contributed by atoms with Crippen LogP contribution in [0.25, 0.3) is 0 Å². The van der Waals surface area contributed by atoms with Gasteiger partial charge in [0.2, 0.25) is 0 Å². The van der Waals surface area contributed by atoms with Crippen molar-refractivity contribution >= 4 is 23.0 Å². The van der Waals surface area contributed by atoms with E-state index in [1.165, 1.54) is 21.5 Å². The zero-order valence-electron chi connectivity index (χ0n) is 9.32. The molecule has 0 aliphatic rings. The number of nitrogen functional groups attached to an aromatic ring is 1. The summed E-state index contributed by atoms with van der Waals surface area (Å²) in [5.74, 6) is 1.15. The van der Waals surface area contributed by atoms with Crippen LogP contribution in [-0.4, -0.2) is 9.97 Å². The zero-order chi connectivity index (χ0) is 11.5. The second-order valence-electron chi connectivity index (χ2n) is 3.63. The minimum Gasteiger partial charge on any atom is -0.382 e. The molecule has 0 aromatic carbocycles. The average Bonchev–Trinajstić information content (AvgIpc) is 2.56. The molecule has 0 saturated carbocycles. The van der Waals surface area contributed by atoms with Crippen molar-refractivity contribution in [2.45, 2.75) is 20.4 Å². The van der Waals surface area contributed by atoms with Gasteiger partial charge in [-0.3, -0.25) is 4.98 Å². The van der Waals surface area contributed by atoms with Gasteiger partial charge in [-0.15, -0.1) is 11.3 Å². The quantitative estimate of drug-likeness (QED) is 0.855. The third-order valence-corrected chi connectivity index (χ3v) is 3.47. The van der Waals surface area contributed by atoms with Gasteiger partial charge in [-0.05, 0) is 25.5 Å². The number of aryl methyl sites for hydroxylation is 2. The number of nitrogens with two attached hydrogens (primary N) is 1. The third-order valence-electron chi connectivity index (χ3n) is 2.31. The highest BCUT2D eigenvalue weighted by molar-refractivity contribution is 7.12. The van der Waals surface area contributed by atoms with Gasteiger partial charge >= 0.3 is 0 Å². The largest absolute Gasteiger partial charge is 0.382 e. The smallest absolute Gasteiger partial charge is 0.147 e. The average molecular weight is 234 g/mol. The first-order chi connectivity index (χ1) is 7.65. The van der Waals surface area contributed by atoms with Gasteiger partial charge in [0.1, 0.15) is 11.6 Å². The fourth-order valence-corrected chi connectivity index (χ4v) is 2.37. The van der Waals surface area contributed by atoms with Crippen molar-refractivity contribution < 1.29 is 0 Å². The number of hydrogen-bond donors (Lipinski definition) is 2. The number of hydrogen-bond acceptors (Lipinski definition) is 5. The topological polar surface area (TPSA) is 63.8 Å². The summed E-state index contributed by atoms with van der Waals surface area (Å²) in [6.07, 6.45) is 3.20. The predicted octanol–water partition coefficient (Wildman–Crippen LogP) is 2.35. The Labute approximate surface area is 98.6 Å². The Bertz CT molecular complexity index is 473. The van der Waals surface area contributed by atoms with E-state index in [2.05, 4.69) is 35.2 Å². The van der Waals surface area contributed by atoms with Crippen molar-refractivity contribution in [2.24, 2.45) is 0 Å². The monoisotopic (exact) mass is 234 g/mol. The Morgan fingerprint density at radius 1 is 1.38 bits per heavy atom. The van der Waals surface area contributed by atoms with Gasteiger partial charge in [-0.2, -0.15) is 0 Å². The molecule has 5 heteroatoms. The first-order valence-electron chi connectivity index (χ1n) is 5.02. The highest BCUT2D eigenvalue weighted by Crippen LogP contribution is 2.21. The van der Waals surface area contributed by atoms with E-state index in [0.717, 1.165) is 6.54 Å². The Morgan fingerprint density at radius 3 is 2.81 bits per heavy atom. The van der Waals surface area contributed by atoms with Gasteiger partial charge in [0.15, 0.2) is 0 Å². The number of aromatic nitrogens is 2. The van der Waals surface area contributed by atoms with E-state index >= 15 is 0 Å². The van der Waals surface area contributed by atoms with Crippen LogP contribution in [0.1, 0.15) is 15.3 Å². The van der Waals surface area contributed by atoms with Crippen molar-refractivity contribution in [1.82, 2.24) is 9.97 Å². The lowest BCUT2D eigenvalue weighted by Gasteiger charge is -2.03. The molecule has 16 heavy (non-hydrogen) atoms. The summed E-state index contributed by atoms with van der Waals surface area (Å²) in [7, 11) is 0. The van der Waals surface area contributed by atoms with Gasteiger partial charge in [0, 0.05) is 9.75 Å². The minimum absolute atomic E-state index is 0.434. The molecule has 4 nitrogen and oxygen atoms in total. The van der Waals surface area contributed by atoms with E-state index in [-0.39, 0.29) is 0 Å². The van der Waals surface area contributed by atoms with E-state index in [1.54, 1.807) is 17.5 Å². The summed E-state index contributed by atoms with van der Waals surface area (Å²) in [4.78, 5) is 10.7. The number of rotatable bonds is 3. The molecule has 3 N–H and O–H groups in total. The fraction of sp³-hybridized carbons (Fsp3) is 0.273. The zero-order valence-corrected chi connectivity index (χ0v) is 10.1. The molecule has 0 unspecified atom stereocenters. The predicted molar refractivity (Wildman–Crippen MR) is 67.6 cm³/mol. The van der Waals surface area contributed by atoms with Crippen LogP contribution in [0.4, 0.5) is 11.6 Å². The van der Waals surface area contributed by atoms with Crippen LogP contribution in [-0.2, 0) is 6.54 Å². The maximum atomic E-state index is 5.54. The second kappa shape index (κ2) is 4.49. The third kappa shape index (κ3) is 2.49. The molecule has 0 amide bonds. The van der Waals surface area contributed by atoms with Gasteiger partial charge in [-0.1, -0.05) is 0 Å². The van der Waals surface area contributed by atoms with Gasteiger partial charge in [0.25, 0.3) is 0 Å². The van der Waals surface area contributed by atoms with E-state index < -0.39 is 0 Å². The van der Waals surface area contributed by atoms with Crippen molar-refractivity contribution in [1.29, 1.82) is 0 Å². The summed E-state index contributed by atoms with van der Waals surface area (Å²) in [5.41, 5.74) is 6.88. The van der Waals surface area contributed by atoms with E-state index in [9.17, 15) is 0 Å². The molecule has 0 fully saturated rings. The summed E-state index contributed by atoms with van der Waals surface area (Å²) < 4.78 is 0. The number of thiophene rings is 1. The molecular formula is C11H14N4S. The molecule has 2 rings (SSSR count). The Morgan fingerprint density at radius 2 is 2.19 bits per heavy atom. The first kappa shape index (κ1) is 10.9. The molecule has 0 saturated heterocycles. The van der Waals surface area contributed by atoms with Crippen molar-refractivity contribution in [2.75, 3.05) is 11.1 Å². The summed E-state index contributed by atoms with van der Waals surface area (Å²) in [5, 5.41) is 3.20. The molecule has 0 radical (unpaired) electrons. The van der Waals surface area contributed by atoms with Crippen LogP contribution in [0.5, 0.6) is 0 Å². The lowest BCUT2D eigenvalue weighted by atomic mass is 10.3. The summed E-state index contributed by atoms with van der Waals surface area (Å²) in [6, 6.07) is 2.19. The number of nitrogens with zero attached hydrogens (tertiary/aromatic N) is 2. The lowest BCUT2D eigenvalue weighted by Crippen LogP contribution is -2.02. The number of anilines is 2. The molecule has 2 aromatic heterocycles. The molecule has 0 atom stereocenters. The van der Waals surface area contributed by atoms with Crippen LogP contribution in [0.15, 0.2) is 18.5 Å². The van der Waals surface area contributed by atoms with E-state index in [0.29, 0.717) is 11.6 Å². The van der Waals surface area contributed by atoms with Crippen LogP contribution < -0.4 is 11.1 Å². The molecule has 2 aromatic rings. The standard InChI is InChI=1S/C11H14N4S/c1-7-3-9(16-8(7)2)4-14-11-6-13-5-10(12)15-11/h3,5-6H,4H2,1-2H3,(H3,12,14,15). The van der Waals surface area contributed by atoms with Gasteiger partial charge in [0.05, 0.1) is 18.9 Å². The Kier molecular flexibility index (Phi) is 3.05. The maximum absolute atomic E-state index is 5.54. The van der Waals surface area contributed by atoms with Crippen molar-refractivity contribution in [3.63, 3.8) is 0 Å². The van der Waals surface area contributed by atoms with Crippen molar-refractivity contribution in [3.05, 3.63) is 33.8 Å². The van der Waals surface area contributed by atoms with Gasteiger partial charge < -0.3 is 11.1 Å². The Balaban J connectivity index is 2.02.